The molecule has 1 heterocycles. The molecule has 1 aromatic rings. The summed E-state index contributed by atoms with van der Waals surface area (Å²) in [5.41, 5.74) is 0.994. The van der Waals surface area contributed by atoms with E-state index in [9.17, 15) is 4.79 Å². The van der Waals surface area contributed by atoms with Gasteiger partial charge in [0, 0.05) is 18.2 Å². The number of hydrogen-bond acceptors (Lipinski definition) is 2. The van der Waals surface area contributed by atoms with Gasteiger partial charge in [-0.1, -0.05) is 18.2 Å². The monoisotopic (exact) mass is 231 g/mol. The Hall–Kier alpha value is -1.77. The van der Waals surface area contributed by atoms with Gasteiger partial charge >= 0.3 is 0 Å². The van der Waals surface area contributed by atoms with Crippen LogP contribution in [0, 0.1) is 0 Å². The molecule has 1 N–H and O–H groups in total. The van der Waals surface area contributed by atoms with E-state index in [0.29, 0.717) is 13.0 Å². The quantitative estimate of drug-likeness (QED) is 0.745. The molecule has 2 rings (SSSR count). The standard InChI is InChI=1S/C14H17NO2/c16-14-8-2-1-5-11-17-13-7-4-3-6-12(13)9-10-15-14/h3-4,6-7,9-10H,1-2,5,8,11H2,(H,15,16)/b10-9+. The second-order valence-electron chi connectivity index (χ2n) is 4.10. The zero-order valence-electron chi connectivity index (χ0n) is 9.82. The number of ether oxygens (including phenoxy) is 1. The highest BCUT2D eigenvalue weighted by molar-refractivity contribution is 5.77. The van der Waals surface area contributed by atoms with Crippen molar-refractivity contribution in [2.45, 2.75) is 25.7 Å². The average Bonchev–Trinajstić information content (AvgIpc) is 2.33. The molecule has 0 saturated carbocycles. The molecule has 1 aromatic carbocycles. The fraction of sp³-hybridized carbons (Fsp3) is 0.357. The van der Waals surface area contributed by atoms with Crippen LogP contribution in [0.3, 0.4) is 0 Å². The van der Waals surface area contributed by atoms with Crippen molar-refractivity contribution in [3.63, 3.8) is 0 Å². The summed E-state index contributed by atoms with van der Waals surface area (Å²) in [6, 6.07) is 7.84. The Labute approximate surface area is 101 Å². The summed E-state index contributed by atoms with van der Waals surface area (Å²) in [4.78, 5) is 11.4. The van der Waals surface area contributed by atoms with E-state index in [0.717, 1.165) is 30.6 Å². The number of carbonyl (C=O) groups excluding carboxylic acids is 1. The van der Waals surface area contributed by atoms with Crippen molar-refractivity contribution >= 4 is 12.0 Å². The molecule has 0 saturated heterocycles. The van der Waals surface area contributed by atoms with Crippen molar-refractivity contribution in [2.24, 2.45) is 0 Å². The van der Waals surface area contributed by atoms with E-state index in [1.807, 2.05) is 30.3 Å². The summed E-state index contributed by atoms with van der Waals surface area (Å²) in [5.74, 6) is 0.957. The maximum absolute atomic E-state index is 11.4. The van der Waals surface area contributed by atoms with Crippen LogP contribution in [-0.2, 0) is 4.79 Å². The predicted molar refractivity (Wildman–Crippen MR) is 67.6 cm³/mol. The number of carbonyl (C=O) groups is 1. The molecule has 1 aliphatic heterocycles. The van der Waals surface area contributed by atoms with E-state index in [4.69, 9.17) is 4.74 Å². The molecule has 0 fully saturated rings. The Bertz CT molecular complexity index is 412. The van der Waals surface area contributed by atoms with Gasteiger partial charge in [-0.25, -0.2) is 0 Å². The fourth-order valence-electron chi connectivity index (χ4n) is 1.79. The first kappa shape index (κ1) is 11.7. The first-order valence-electron chi connectivity index (χ1n) is 6.04. The maximum atomic E-state index is 11.4. The summed E-state index contributed by atoms with van der Waals surface area (Å²) >= 11 is 0. The molecule has 0 aliphatic carbocycles. The van der Waals surface area contributed by atoms with Crippen molar-refractivity contribution in [1.82, 2.24) is 5.32 Å². The molecule has 1 aliphatic rings. The van der Waals surface area contributed by atoms with Crippen LogP contribution < -0.4 is 10.1 Å². The van der Waals surface area contributed by atoms with Gasteiger partial charge in [-0.2, -0.15) is 0 Å². The Morgan fingerprint density at radius 2 is 2.00 bits per heavy atom. The second kappa shape index (κ2) is 6.09. The third kappa shape index (κ3) is 3.63. The van der Waals surface area contributed by atoms with Crippen LogP contribution in [0.1, 0.15) is 31.2 Å². The molecule has 3 nitrogen and oxygen atoms in total. The van der Waals surface area contributed by atoms with Gasteiger partial charge in [0.25, 0.3) is 0 Å². The topological polar surface area (TPSA) is 38.3 Å². The van der Waals surface area contributed by atoms with Crippen LogP contribution in [0.2, 0.25) is 0 Å². The lowest BCUT2D eigenvalue weighted by atomic mass is 10.1. The predicted octanol–water partition coefficient (Wildman–Crippen LogP) is 2.73. The highest BCUT2D eigenvalue weighted by Crippen LogP contribution is 2.20. The minimum atomic E-state index is 0.0835. The third-order valence-corrected chi connectivity index (χ3v) is 2.73. The molecule has 0 aromatic heterocycles. The lowest BCUT2D eigenvalue weighted by Gasteiger charge is -2.10. The summed E-state index contributed by atoms with van der Waals surface area (Å²) in [6.07, 6.45) is 7.09. The Kier molecular flexibility index (Phi) is 4.19. The van der Waals surface area contributed by atoms with E-state index >= 15 is 0 Å². The number of nitrogens with one attached hydrogen (secondary N) is 1. The minimum absolute atomic E-state index is 0.0835. The van der Waals surface area contributed by atoms with Crippen LogP contribution in [0.15, 0.2) is 30.5 Å². The third-order valence-electron chi connectivity index (χ3n) is 2.73. The van der Waals surface area contributed by atoms with Gasteiger partial charge in [0.15, 0.2) is 0 Å². The molecule has 0 bridgehead atoms. The normalized spacial score (nSPS) is 18.9. The molecular weight excluding hydrogens is 214 g/mol. The van der Waals surface area contributed by atoms with Gasteiger partial charge in [0.05, 0.1) is 6.61 Å². The van der Waals surface area contributed by atoms with Crippen molar-refractivity contribution in [3.05, 3.63) is 36.0 Å². The number of fused-ring (bicyclic) bond motifs is 1. The molecular formula is C14H17NO2. The highest BCUT2D eigenvalue weighted by Gasteiger charge is 2.03. The van der Waals surface area contributed by atoms with Crippen LogP contribution in [-0.4, -0.2) is 12.5 Å². The largest absolute Gasteiger partial charge is 0.493 e. The Morgan fingerprint density at radius 1 is 1.12 bits per heavy atom. The average molecular weight is 231 g/mol. The van der Waals surface area contributed by atoms with Gasteiger partial charge in [-0.3, -0.25) is 4.79 Å². The van der Waals surface area contributed by atoms with Crippen LogP contribution in [0.25, 0.3) is 6.08 Å². The number of amides is 1. The highest BCUT2D eigenvalue weighted by atomic mass is 16.5. The second-order valence-corrected chi connectivity index (χ2v) is 4.10. The van der Waals surface area contributed by atoms with E-state index in [-0.39, 0.29) is 5.91 Å². The van der Waals surface area contributed by atoms with Gasteiger partial charge in [0.1, 0.15) is 5.75 Å². The van der Waals surface area contributed by atoms with Crippen molar-refractivity contribution in [2.75, 3.05) is 6.61 Å². The Morgan fingerprint density at radius 3 is 2.94 bits per heavy atom. The summed E-state index contributed by atoms with van der Waals surface area (Å²) < 4.78 is 5.72. The number of para-hydroxylation sites is 1. The van der Waals surface area contributed by atoms with E-state index < -0.39 is 0 Å². The first-order valence-corrected chi connectivity index (χ1v) is 6.04. The number of benzene rings is 1. The van der Waals surface area contributed by atoms with Crippen LogP contribution in [0.5, 0.6) is 5.75 Å². The molecule has 3 heteroatoms. The summed E-state index contributed by atoms with van der Waals surface area (Å²) in [6.45, 7) is 0.715. The molecule has 0 spiro atoms. The summed E-state index contributed by atoms with van der Waals surface area (Å²) in [5, 5.41) is 2.77. The van der Waals surface area contributed by atoms with Crippen LogP contribution >= 0.6 is 0 Å². The number of hydrogen-bond donors (Lipinski definition) is 1. The molecule has 0 atom stereocenters. The van der Waals surface area contributed by atoms with E-state index in [1.54, 1.807) is 6.20 Å². The zero-order valence-corrected chi connectivity index (χ0v) is 9.82. The maximum Gasteiger partial charge on any atom is 0.223 e. The lowest BCUT2D eigenvalue weighted by Crippen LogP contribution is -2.16. The van der Waals surface area contributed by atoms with Gasteiger partial charge in [0.2, 0.25) is 5.91 Å². The van der Waals surface area contributed by atoms with E-state index in [1.165, 1.54) is 0 Å². The molecule has 90 valence electrons. The van der Waals surface area contributed by atoms with Crippen molar-refractivity contribution in [3.8, 4) is 5.75 Å². The van der Waals surface area contributed by atoms with Crippen molar-refractivity contribution < 1.29 is 9.53 Å². The van der Waals surface area contributed by atoms with Gasteiger partial charge in [-0.15, -0.1) is 0 Å². The minimum Gasteiger partial charge on any atom is -0.493 e. The summed E-state index contributed by atoms with van der Waals surface area (Å²) in [7, 11) is 0. The van der Waals surface area contributed by atoms with Gasteiger partial charge < -0.3 is 10.1 Å². The Balaban J connectivity index is 2.14. The number of rotatable bonds is 0. The fourth-order valence-corrected chi connectivity index (χ4v) is 1.79. The molecule has 0 unspecified atom stereocenters. The SMILES string of the molecule is O=C1CCCCCOc2ccccc2/C=C/N1. The lowest BCUT2D eigenvalue weighted by molar-refractivity contribution is -0.120. The van der Waals surface area contributed by atoms with Gasteiger partial charge in [-0.05, 0) is 31.4 Å². The van der Waals surface area contributed by atoms with Crippen LogP contribution in [0.4, 0.5) is 0 Å². The molecule has 17 heavy (non-hydrogen) atoms. The first-order chi connectivity index (χ1) is 8.36. The van der Waals surface area contributed by atoms with Crippen molar-refractivity contribution in [1.29, 1.82) is 0 Å². The zero-order chi connectivity index (χ0) is 11.9. The smallest absolute Gasteiger partial charge is 0.223 e. The molecule has 1 amide bonds. The van der Waals surface area contributed by atoms with E-state index in [2.05, 4.69) is 5.32 Å². The molecule has 0 radical (unpaired) electrons.